The molecule has 2 heterocycles. The zero-order valence-electron chi connectivity index (χ0n) is 11.0. The van der Waals surface area contributed by atoms with Gasteiger partial charge < -0.3 is 10.0 Å². The molecule has 0 radical (unpaired) electrons. The van der Waals surface area contributed by atoms with E-state index in [1.165, 1.54) is 12.5 Å². The lowest BCUT2D eigenvalue weighted by atomic mass is 9.97. The van der Waals surface area contributed by atoms with Crippen molar-refractivity contribution in [1.82, 2.24) is 4.98 Å². The zero-order valence-corrected chi connectivity index (χ0v) is 11.0. The first-order chi connectivity index (χ1) is 8.56. The molecule has 1 saturated heterocycles. The van der Waals surface area contributed by atoms with Gasteiger partial charge in [-0.1, -0.05) is 19.9 Å². The number of carbonyl (C=O) groups is 1. The third-order valence-corrected chi connectivity index (χ3v) is 3.51. The number of rotatable bonds is 2. The van der Waals surface area contributed by atoms with Crippen LogP contribution in [-0.2, 0) is 0 Å². The van der Waals surface area contributed by atoms with Gasteiger partial charge in [0.05, 0.1) is 0 Å². The Bertz CT molecular complexity index is 434. The summed E-state index contributed by atoms with van der Waals surface area (Å²) in [7, 11) is 0. The van der Waals surface area contributed by atoms with Crippen LogP contribution in [0, 0.1) is 11.8 Å². The van der Waals surface area contributed by atoms with Crippen molar-refractivity contribution in [1.29, 1.82) is 0 Å². The Morgan fingerprint density at radius 2 is 2.17 bits per heavy atom. The lowest BCUT2D eigenvalue weighted by Gasteiger charge is -2.23. The first kappa shape index (κ1) is 12.9. The zero-order chi connectivity index (χ0) is 13.1. The van der Waals surface area contributed by atoms with E-state index in [9.17, 15) is 4.79 Å². The molecule has 1 aliphatic heterocycles. The highest BCUT2D eigenvalue weighted by Gasteiger charge is 2.20. The molecule has 1 fully saturated rings. The minimum absolute atomic E-state index is 0.123. The highest BCUT2D eigenvalue weighted by atomic mass is 16.4. The van der Waals surface area contributed by atoms with Crippen LogP contribution in [0.5, 0.6) is 0 Å². The molecule has 1 aromatic rings. The van der Waals surface area contributed by atoms with Crippen LogP contribution in [0.4, 0.5) is 5.82 Å². The first-order valence-electron chi connectivity index (χ1n) is 6.51. The van der Waals surface area contributed by atoms with Crippen LogP contribution >= 0.6 is 0 Å². The summed E-state index contributed by atoms with van der Waals surface area (Å²) in [4.78, 5) is 17.4. The Labute approximate surface area is 108 Å². The van der Waals surface area contributed by atoms with Crippen LogP contribution in [0.25, 0.3) is 0 Å². The quantitative estimate of drug-likeness (QED) is 0.874. The van der Waals surface area contributed by atoms with Gasteiger partial charge in [0, 0.05) is 13.1 Å². The van der Waals surface area contributed by atoms with E-state index < -0.39 is 5.97 Å². The van der Waals surface area contributed by atoms with Crippen molar-refractivity contribution in [2.75, 3.05) is 18.0 Å². The summed E-state index contributed by atoms with van der Waals surface area (Å²) in [5.41, 5.74) is 0.123. The van der Waals surface area contributed by atoms with Crippen LogP contribution in [0.15, 0.2) is 18.2 Å². The van der Waals surface area contributed by atoms with E-state index in [-0.39, 0.29) is 5.69 Å². The van der Waals surface area contributed by atoms with Gasteiger partial charge in [-0.3, -0.25) is 0 Å². The van der Waals surface area contributed by atoms with E-state index in [1.54, 1.807) is 6.07 Å². The van der Waals surface area contributed by atoms with Crippen molar-refractivity contribution in [3.8, 4) is 0 Å². The highest BCUT2D eigenvalue weighted by molar-refractivity contribution is 5.85. The molecule has 2 atom stereocenters. The lowest BCUT2D eigenvalue weighted by Crippen LogP contribution is -2.28. The SMILES string of the molecule is CC1CCN(c2cccc(C(=O)O)n2)CC(C)C1. The molecule has 0 spiro atoms. The molecule has 2 unspecified atom stereocenters. The van der Waals surface area contributed by atoms with E-state index in [0.717, 1.165) is 31.2 Å². The molecular formula is C14H20N2O2. The molecule has 0 bridgehead atoms. The summed E-state index contributed by atoms with van der Waals surface area (Å²) in [6.45, 7) is 6.44. The fraction of sp³-hybridized carbons (Fsp3) is 0.571. The van der Waals surface area contributed by atoms with Gasteiger partial charge in [0.1, 0.15) is 5.82 Å². The number of anilines is 1. The Hall–Kier alpha value is -1.58. The minimum Gasteiger partial charge on any atom is -0.477 e. The van der Waals surface area contributed by atoms with Crippen LogP contribution in [0.2, 0.25) is 0 Å². The van der Waals surface area contributed by atoms with Gasteiger partial charge in [0.25, 0.3) is 0 Å². The third kappa shape index (κ3) is 3.00. The molecule has 0 aromatic carbocycles. The minimum atomic E-state index is -0.965. The fourth-order valence-corrected chi connectivity index (χ4v) is 2.65. The Kier molecular flexibility index (Phi) is 3.84. The Morgan fingerprint density at radius 3 is 2.89 bits per heavy atom. The normalized spacial score (nSPS) is 24.7. The molecule has 1 aromatic heterocycles. The average molecular weight is 248 g/mol. The predicted molar refractivity (Wildman–Crippen MR) is 71.0 cm³/mol. The number of hydrogen-bond donors (Lipinski definition) is 1. The van der Waals surface area contributed by atoms with E-state index >= 15 is 0 Å². The van der Waals surface area contributed by atoms with Crippen molar-refractivity contribution < 1.29 is 9.90 Å². The summed E-state index contributed by atoms with van der Waals surface area (Å²) < 4.78 is 0. The summed E-state index contributed by atoms with van der Waals surface area (Å²) in [6.07, 6.45) is 2.37. The van der Waals surface area contributed by atoms with Crippen LogP contribution in [-0.4, -0.2) is 29.1 Å². The van der Waals surface area contributed by atoms with Crippen molar-refractivity contribution >= 4 is 11.8 Å². The van der Waals surface area contributed by atoms with Gasteiger partial charge in [-0.2, -0.15) is 0 Å². The standard InChI is InChI=1S/C14H20N2O2/c1-10-6-7-16(9-11(2)8-10)13-5-3-4-12(15-13)14(17)18/h3-5,10-11H,6-9H2,1-2H3,(H,17,18). The number of aromatic nitrogens is 1. The summed E-state index contributed by atoms with van der Waals surface area (Å²) in [5.74, 6) is 1.18. The van der Waals surface area contributed by atoms with Gasteiger partial charge in [-0.05, 0) is 36.8 Å². The smallest absolute Gasteiger partial charge is 0.354 e. The molecule has 1 aliphatic rings. The molecule has 4 nitrogen and oxygen atoms in total. The number of nitrogens with zero attached hydrogens (tertiary/aromatic N) is 2. The second kappa shape index (κ2) is 5.38. The van der Waals surface area contributed by atoms with Crippen molar-refractivity contribution in [3.05, 3.63) is 23.9 Å². The molecule has 18 heavy (non-hydrogen) atoms. The van der Waals surface area contributed by atoms with E-state index in [0.29, 0.717) is 5.92 Å². The highest BCUT2D eigenvalue weighted by Crippen LogP contribution is 2.24. The molecule has 4 heteroatoms. The number of carboxylic acid groups (broad SMARTS) is 1. The van der Waals surface area contributed by atoms with Crippen LogP contribution < -0.4 is 4.90 Å². The maximum atomic E-state index is 10.9. The second-order valence-electron chi connectivity index (χ2n) is 5.37. The largest absolute Gasteiger partial charge is 0.477 e. The molecule has 98 valence electrons. The molecule has 0 saturated carbocycles. The van der Waals surface area contributed by atoms with Gasteiger partial charge in [0.15, 0.2) is 5.69 Å². The number of aromatic carboxylic acids is 1. The maximum Gasteiger partial charge on any atom is 0.354 e. The molecular weight excluding hydrogens is 228 g/mol. The Morgan fingerprint density at radius 1 is 1.39 bits per heavy atom. The summed E-state index contributed by atoms with van der Waals surface area (Å²) >= 11 is 0. The van der Waals surface area contributed by atoms with Gasteiger partial charge >= 0.3 is 5.97 Å². The topological polar surface area (TPSA) is 53.4 Å². The number of carboxylic acids is 1. The van der Waals surface area contributed by atoms with Crippen molar-refractivity contribution in [3.63, 3.8) is 0 Å². The number of pyridine rings is 1. The first-order valence-corrected chi connectivity index (χ1v) is 6.51. The number of hydrogen-bond acceptors (Lipinski definition) is 3. The maximum absolute atomic E-state index is 10.9. The molecule has 0 amide bonds. The average Bonchev–Trinajstić information content (AvgIpc) is 2.50. The van der Waals surface area contributed by atoms with Crippen LogP contribution in [0.3, 0.4) is 0 Å². The lowest BCUT2D eigenvalue weighted by molar-refractivity contribution is 0.0690. The van der Waals surface area contributed by atoms with E-state index in [1.807, 2.05) is 6.07 Å². The molecule has 0 aliphatic carbocycles. The third-order valence-electron chi connectivity index (χ3n) is 3.51. The van der Waals surface area contributed by atoms with E-state index in [2.05, 4.69) is 23.7 Å². The van der Waals surface area contributed by atoms with E-state index in [4.69, 9.17) is 5.11 Å². The molecule has 1 N–H and O–H groups in total. The van der Waals surface area contributed by atoms with Gasteiger partial charge in [0.2, 0.25) is 0 Å². The predicted octanol–water partition coefficient (Wildman–Crippen LogP) is 2.65. The Balaban J connectivity index is 2.19. The van der Waals surface area contributed by atoms with Crippen LogP contribution in [0.1, 0.15) is 37.2 Å². The second-order valence-corrected chi connectivity index (χ2v) is 5.37. The summed E-state index contributed by atoms with van der Waals surface area (Å²) in [5, 5.41) is 8.98. The summed E-state index contributed by atoms with van der Waals surface area (Å²) in [6, 6.07) is 5.20. The monoisotopic (exact) mass is 248 g/mol. The van der Waals surface area contributed by atoms with Gasteiger partial charge in [-0.15, -0.1) is 0 Å². The van der Waals surface area contributed by atoms with Gasteiger partial charge in [-0.25, -0.2) is 9.78 Å². The van der Waals surface area contributed by atoms with Crippen molar-refractivity contribution in [2.45, 2.75) is 26.7 Å². The van der Waals surface area contributed by atoms with Crippen molar-refractivity contribution in [2.24, 2.45) is 11.8 Å². The fourth-order valence-electron chi connectivity index (χ4n) is 2.65. The molecule has 2 rings (SSSR count).